The second-order valence-corrected chi connectivity index (χ2v) is 5.49. The molecule has 1 amide bonds. The molecule has 1 aromatic rings. The van der Waals surface area contributed by atoms with Gasteiger partial charge < -0.3 is 15.2 Å². The minimum Gasteiger partial charge on any atom is -0.481 e. The van der Waals surface area contributed by atoms with Crippen LogP contribution in [0.2, 0.25) is 0 Å². The van der Waals surface area contributed by atoms with Gasteiger partial charge in [-0.2, -0.15) is 0 Å². The van der Waals surface area contributed by atoms with Crippen molar-refractivity contribution in [2.45, 2.75) is 31.9 Å². The maximum Gasteiger partial charge on any atom is 0.305 e. The monoisotopic (exact) mass is 283 g/mol. The summed E-state index contributed by atoms with van der Waals surface area (Å²) in [6.45, 7) is 2.49. The number of carboxylic acid groups (broad SMARTS) is 1. The standard InChI is InChI=1S/C13H17NO4S/c1-2-18-10-6-8(10)13(17)14-9(7-12(15)16)11-4-3-5-19-11/h3-5,8-10H,2,6-7H2,1H3,(H,14,17)(H,15,16)/t8-,9-,10-/m1/s1. The number of ether oxygens (including phenoxy) is 1. The van der Waals surface area contributed by atoms with Crippen LogP contribution in [0.5, 0.6) is 0 Å². The average Bonchev–Trinajstić information content (AvgIpc) is 2.90. The first kappa shape index (κ1) is 14.0. The normalized spacial score (nSPS) is 22.8. The van der Waals surface area contributed by atoms with Gasteiger partial charge in [0.05, 0.1) is 24.5 Å². The summed E-state index contributed by atoms with van der Waals surface area (Å²) in [4.78, 5) is 23.7. The molecular formula is C13H17NO4S. The number of hydrogen-bond donors (Lipinski definition) is 2. The van der Waals surface area contributed by atoms with Crippen LogP contribution in [-0.4, -0.2) is 29.7 Å². The SMILES string of the molecule is CCO[C@@H]1C[C@H]1C(=O)N[C@H](CC(=O)O)c1cccs1. The molecule has 3 atom stereocenters. The molecule has 1 heterocycles. The molecule has 0 radical (unpaired) electrons. The van der Waals surface area contributed by atoms with E-state index >= 15 is 0 Å². The van der Waals surface area contributed by atoms with Crippen LogP contribution < -0.4 is 5.32 Å². The Morgan fingerprint density at radius 2 is 2.42 bits per heavy atom. The van der Waals surface area contributed by atoms with Crippen LogP contribution in [0.15, 0.2) is 17.5 Å². The number of carbonyl (C=O) groups is 2. The maximum absolute atomic E-state index is 12.0. The predicted octanol–water partition coefficient (Wildman–Crippen LogP) is 1.81. The molecule has 0 spiro atoms. The van der Waals surface area contributed by atoms with Crippen molar-refractivity contribution in [3.63, 3.8) is 0 Å². The van der Waals surface area contributed by atoms with Crippen molar-refractivity contribution in [1.82, 2.24) is 5.32 Å². The minimum atomic E-state index is -0.921. The lowest BCUT2D eigenvalue weighted by molar-refractivity contribution is -0.137. The van der Waals surface area contributed by atoms with E-state index in [4.69, 9.17) is 9.84 Å². The lowest BCUT2D eigenvalue weighted by Gasteiger charge is -2.15. The maximum atomic E-state index is 12.0. The van der Waals surface area contributed by atoms with Gasteiger partial charge in [0.15, 0.2) is 0 Å². The third kappa shape index (κ3) is 3.78. The summed E-state index contributed by atoms with van der Waals surface area (Å²) in [7, 11) is 0. The molecule has 6 heteroatoms. The van der Waals surface area contributed by atoms with Crippen LogP contribution >= 0.6 is 11.3 Å². The van der Waals surface area contributed by atoms with Crippen LogP contribution in [0.1, 0.15) is 30.7 Å². The van der Waals surface area contributed by atoms with Crippen LogP contribution in [-0.2, 0) is 14.3 Å². The quantitative estimate of drug-likeness (QED) is 0.800. The third-order valence-electron chi connectivity index (χ3n) is 3.03. The fourth-order valence-corrected chi connectivity index (χ4v) is 2.79. The molecule has 2 rings (SSSR count). The second kappa shape index (κ2) is 6.16. The zero-order valence-electron chi connectivity index (χ0n) is 10.7. The summed E-state index contributed by atoms with van der Waals surface area (Å²) < 4.78 is 5.37. The average molecular weight is 283 g/mol. The molecule has 0 aliphatic heterocycles. The van der Waals surface area contributed by atoms with Crippen molar-refractivity contribution in [2.75, 3.05) is 6.61 Å². The molecule has 1 saturated carbocycles. The first-order chi connectivity index (χ1) is 9.11. The van der Waals surface area contributed by atoms with Gasteiger partial charge in [0.1, 0.15) is 0 Å². The fraction of sp³-hybridized carbons (Fsp3) is 0.538. The first-order valence-corrected chi connectivity index (χ1v) is 7.17. The molecule has 104 valence electrons. The second-order valence-electron chi connectivity index (χ2n) is 4.51. The van der Waals surface area contributed by atoms with E-state index in [2.05, 4.69) is 5.32 Å². The summed E-state index contributed by atoms with van der Waals surface area (Å²) in [5.41, 5.74) is 0. The zero-order valence-corrected chi connectivity index (χ0v) is 11.5. The lowest BCUT2D eigenvalue weighted by Crippen LogP contribution is -2.31. The largest absolute Gasteiger partial charge is 0.481 e. The van der Waals surface area contributed by atoms with Gasteiger partial charge in [-0.15, -0.1) is 11.3 Å². The Bertz CT molecular complexity index is 446. The Morgan fingerprint density at radius 3 is 3.00 bits per heavy atom. The minimum absolute atomic E-state index is 0.00110. The first-order valence-electron chi connectivity index (χ1n) is 6.29. The molecule has 2 N–H and O–H groups in total. The van der Waals surface area contributed by atoms with Crippen LogP contribution in [0.4, 0.5) is 0 Å². The Kier molecular flexibility index (Phi) is 4.55. The zero-order chi connectivity index (χ0) is 13.8. The van der Waals surface area contributed by atoms with Crippen molar-refractivity contribution in [3.05, 3.63) is 22.4 Å². The molecule has 1 aliphatic carbocycles. The molecule has 5 nitrogen and oxygen atoms in total. The van der Waals surface area contributed by atoms with Gasteiger partial charge in [0.25, 0.3) is 0 Å². The molecule has 1 aliphatic rings. The van der Waals surface area contributed by atoms with Gasteiger partial charge in [-0.25, -0.2) is 0 Å². The van der Waals surface area contributed by atoms with E-state index < -0.39 is 12.0 Å². The number of aliphatic carboxylic acids is 1. The van der Waals surface area contributed by atoms with E-state index in [9.17, 15) is 9.59 Å². The topological polar surface area (TPSA) is 75.6 Å². The predicted molar refractivity (Wildman–Crippen MR) is 71.0 cm³/mol. The number of amides is 1. The lowest BCUT2D eigenvalue weighted by atomic mass is 10.1. The van der Waals surface area contributed by atoms with Gasteiger partial charge in [-0.3, -0.25) is 9.59 Å². The van der Waals surface area contributed by atoms with Gasteiger partial charge >= 0.3 is 5.97 Å². The van der Waals surface area contributed by atoms with E-state index in [0.717, 1.165) is 11.3 Å². The van der Waals surface area contributed by atoms with Crippen molar-refractivity contribution in [2.24, 2.45) is 5.92 Å². The highest BCUT2D eigenvalue weighted by molar-refractivity contribution is 7.10. The van der Waals surface area contributed by atoms with Crippen molar-refractivity contribution < 1.29 is 19.4 Å². The third-order valence-corrected chi connectivity index (χ3v) is 4.02. The molecule has 19 heavy (non-hydrogen) atoms. The highest BCUT2D eigenvalue weighted by Gasteiger charge is 2.44. The van der Waals surface area contributed by atoms with E-state index in [1.165, 1.54) is 11.3 Å². The molecule has 1 aromatic heterocycles. The van der Waals surface area contributed by atoms with E-state index in [-0.39, 0.29) is 24.3 Å². The number of nitrogens with one attached hydrogen (secondary N) is 1. The summed E-state index contributed by atoms with van der Waals surface area (Å²) in [6.07, 6.45) is 0.626. The molecule has 0 saturated heterocycles. The van der Waals surface area contributed by atoms with Gasteiger partial charge in [-0.05, 0) is 24.8 Å². The number of rotatable bonds is 7. The number of thiophene rings is 1. The molecule has 0 bridgehead atoms. The summed E-state index contributed by atoms with van der Waals surface area (Å²) in [5.74, 6) is -1.16. The molecule has 0 aromatic carbocycles. The molecule has 0 unspecified atom stereocenters. The van der Waals surface area contributed by atoms with Gasteiger partial charge in [0.2, 0.25) is 5.91 Å². The van der Waals surface area contributed by atoms with Crippen molar-refractivity contribution in [3.8, 4) is 0 Å². The Morgan fingerprint density at radius 1 is 1.63 bits per heavy atom. The summed E-state index contributed by atoms with van der Waals surface area (Å²) in [6, 6.07) is 3.24. The number of carboxylic acids is 1. The van der Waals surface area contributed by atoms with Gasteiger partial charge in [-0.1, -0.05) is 6.07 Å². The van der Waals surface area contributed by atoms with E-state index in [1.54, 1.807) is 0 Å². The highest BCUT2D eigenvalue weighted by Crippen LogP contribution is 2.35. The van der Waals surface area contributed by atoms with Crippen LogP contribution in [0.25, 0.3) is 0 Å². The van der Waals surface area contributed by atoms with Crippen LogP contribution in [0.3, 0.4) is 0 Å². The van der Waals surface area contributed by atoms with Crippen molar-refractivity contribution >= 4 is 23.2 Å². The smallest absolute Gasteiger partial charge is 0.305 e. The number of hydrogen-bond acceptors (Lipinski definition) is 4. The Labute approximate surface area is 115 Å². The summed E-state index contributed by atoms with van der Waals surface area (Å²) in [5, 5.41) is 13.6. The summed E-state index contributed by atoms with van der Waals surface area (Å²) >= 11 is 1.45. The Balaban J connectivity index is 1.93. The fourth-order valence-electron chi connectivity index (χ4n) is 2.01. The van der Waals surface area contributed by atoms with Crippen LogP contribution in [0, 0.1) is 5.92 Å². The van der Waals surface area contributed by atoms with E-state index in [1.807, 2.05) is 24.4 Å². The van der Waals surface area contributed by atoms with E-state index in [0.29, 0.717) is 6.61 Å². The molecule has 1 fully saturated rings. The van der Waals surface area contributed by atoms with Crippen molar-refractivity contribution in [1.29, 1.82) is 0 Å². The number of carbonyl (C=O) groups excluding carboxylic acids is 1. The molecular weight excluding hydrogens is 266 g/mol. The highest BCUT2D eigenvalue weighted by atomic mass is 32.1. The Hall–Kier alpha value is -1.40. The van der Waals surface area contributed by atoms with Gasteiger partial charge in [0, 0.05) is 11.5 Å².